The quantitative estimate of drug-likeness (QED) is 0.923. The van der Waals surface area contributed by atoms with Gasteiger partial charge in [-0.3, -0.25) is 0 Å². The molecule has 0 bridgehead atoms. The summed E-state index contributed by atoms with van der Waals surface area (Å²) in [5.41, 5.74) is 1.04. The molecular weight excluding hydrogens is 254 g/mol. The van der Waals surface area contributed by atoms with E-state index in [0.29, 0.717) is 12.1 Å². The third-order valence-corrected chi connectivity index (χ3v) is 3.59. The largest absolute Gasteiger partial charge is 0.381 e. The van der Waals surface area contributed by atoms with Crippen LogP contribution in [0.3, 0.4) is 0 Å². The number of hydrogen-bond donors (Lipinski definition) is 1. The van der Waals surface area contributed by atoms with Crippen LogP contribution in [0.4, 0.5) is 5.69 Å². The van der Waals surface area contributed by atoms with Crippen LogP contribution in [0.1, 0.15) is 26.2 Å². The fourth-order valence-corrected chi connectivity index (χ4v) is 2.47. The van der Waals surface area contributed by atoms with E-state index in [4.69, 9.17) is 4.74 Å². The van der Waals surface area contributed by atoms with Crippen molar-refractivity contribution in [2.45, 2.75) is 38.3 Å². The molecule has 1 aliphatic heterocycles. The maximum Gasteiger partial charge on any atom is 0.155 e. The van der Waals surface area contributed by atoms with Crippen LogP contribution < -0.4 is 5.32 Å². The molecule has 20 heavy (non-hydrogen) atoms. The number of hydrogen-bond acceptors (Lipinski definition) is 5. The normalized spacial score (nSPS) is 22.6. The van der Waals surface area contributed by atoms with Gasteiger partial charge in [-0.1, -0.05) is 6.92 Å². The summed E-state index contributed by atoms with van der Waals surface area (Å²) in [7, 11) is 0. The fourth-order valence-electron chi connectivity index (χ4n) is 2.47. The molecule has 106 valence electrons. The van der Waals surface area contributed by atoms with Gasteiger partial charge < -0.3 is 10.1 Å². The summed E-state index contributed by atoms with van der Waals surface area (Å²) in [6.45, 7) is 3.00. The molecule has 6 nitrogen and oxygen atoms in total. The molecule has 1 N–H and O–H groups in total. The topological polar surface area (TPSA) is 64.9 Å². The molecule has 0 amide bonds. The van der Waals surface area contributed by atoms with Crippen molar-refractivity contribution in [1.82, 2.24) is 19.7 Å². The van der Waals surface area contributed by atoms with Crippen molar-refractivity contribution in [3.63, 3.8) is 0 Å². The highest BCUT2D eigenvalue weighted by atomic mass is 16.5. The van der Waals surface area contributed by atoms with Crippen LogP contribution in [0.2, 0.25) is 0 Å². The Bertz CT molecular complexity index is 525. The molecule has 2 aromatic heterocycles. The van der Waals surface area contributed by atoms with E-state index in [-0.39, 0.29) is 0 Å². The number of pyridine rings is 1. The van der Waals surface area contributed by atoms with E-state index in [1.165, 1.54) is 6.33 Å². The van der Waals surface area contributed by atoms with Crippen LogP contribution in [-0.2, 0) is 4.74 Å². The first-order valence-electron chi connectivity index (χ1n) is 7.04. The summed E-state index contributed by atoms with van der Waals surface area (Å²) >= 11 is 0. The van der Waals surface area contributed by atoms with Gasteiger partial charge in [0.2, 0.25) is 0 Å². The van der Waals surface area contributed by atoms with Crippen LogP contribution in [0, 0.1) is 0 Å². The Morgan fingerprint density at radius 3 is 3.10 bits per heavy atom. The molecular formula is C14H19N5O. The van der Waals surface area contributed by atoms with Gasteiger partial charge in [-0.05, 0) is 31.4 Å². The molecule has 0 saturated carbocycles. The zero-order valence-corrected chi connectivity index (χ0v) is 11.6. The van der Waals surface area contributed by atoms with Gasteiger partial charge in [0.25, 0.3) is 0 Å². The van der Waals surface area contributed by atoms with Gasteiger partial charge in [-0.25, -0.2) is 14.6 Å². The van der Waals surface area contributed by atoms with Crippen LogP contribution >= 0.6 is 0 Å². The van der Waals surface area contributed by atoms with Gasteiger partial charge in [0, 0.05) is 12.6 Å². The van der Waals surface area contributed by atoms with E-state index in [1.54, 1.807) is 11.0 Å². The van der Waals surface area contributed by atoms with Crippen molar-refractivity contribution in [3.8, 4) is 5.82 Å². The van der Waals surface area contributed by atoms with E-state index >= 15 is 0 Å². The van der Waals surface area contributed by atoms with E-state index in [2.05, 4.69) is 27.3 Å². The molecule has 2 unspecified atom stereocenters. The summed E-state index contributed by atoms with van der Waals surface area (Å²) in [6, 6.07) is 4.43. The summed E-state index contributed by atoms with van der Waals surface area (Å²) in [4.78, 5) is 8.31. The summed E-state index contributed by atoms with van der Waals surface area (Å²) in [5, 5.41) is 7.59. The monoisotopic (exact) mass is 273 g/mol. The SMILES string of the molecule is CCC1CC(Nc2ccc(-n3cncn3)nc2)CCO1. The minimum Gasteiger partial charge on any atom is -0.381 e. The minimum absolute atomic E-state index is 0.378. The van der Waals surface area contributed by atoms with E-state index in [9.17, 15) is 0 Å². The Labute approximate surface area is 118 Å². The van der Waals surface area contributed by atoms with Gasteiger partial charge in [-0.15, -0.1) is 0 Å². The van der Waals surface area contributed by atoms with Crippen molar-refractivity contribution in [2.24, 2.45) is 0 Å². The maximum absolute atomic E-state index is 5.69. The molecule has 1 fully saturated rings. The lowest BCUT2D eigenvalue weighted by Gasteiger charge is -2.30. The predicted molar refractivity (Wildman–Crippen MR) is 75.8 cm³/mol. The molecule has 3 heterocycles. The first-order valence-corrected chi connectivity index (χ1v) is 7.04. The fraction of sp³-hybridized carbons (Fsp3) is 0.500. The van der Waals surface area contributed by atoms with Gasteiger partial charge in [-0.2, -0.15) is 5.10 Å². The van der Waals surface area contributed by atoms with Crippen LogP contribution in [-0.4, -0.2) is 38.5 Å². The van der Waals surface area contributed by atoms with Crippen molar-refractivity contribution in [1.29, 1.82) is 0 Å². The number of rotatable bonds is 4. The molecule has 6 heteroatoms. The van der Waals surface area contributed by atoms with Crippen LogP contribution in [0.5, 0.6) is 0 Å². The number of aromatic nitrogens is 4. The van der Waals surface area contributed by atoms with Crippen molar-refractivity contribution >= 4 is 5.69 Å². The second-order valence-corrected chi connectivity index (χ2v) is 5.01. The van der Waals surface area contributed by atoms with Gasteiger partial charge in [0.1, 0.15) is 12.7 Å². The predicted octanol–water partition coefficient (Wildman–Crippen LogP) is 2.03. The Kier molecular flexibility index (Phi) is 3.92. The molecule has 3 rings (SSSR count). The number of anilines is 1. The van der Waals surface area contributed by atoms with Crippen LogP contribution in [0.25, 0.3) is 5.82 Å². The van der Waals surface area contributed by atoms with E-state index in [1.807, 2.05) is 18.3 Å². The summed E-state index contributed by atoms with van der Waals surface area (Å²) < 4.78 is 7.33. The Hall–Kier alpha value is -1.95. The van der Waals surface area contributed by atoms with Crippen LogP contribution in [0.15, 0.2) is 31.0 Å². The van der Waals surface area contributed by atoms with Gasteiger partial charge in [0.05, 0.1) is 18.0 Å². The Morgan fingerprint density at radius 2 is 2.40 bits per heavy atom. The number of ether oxygens (including phenoxy) is 1. The lowest BCUT2D eigenvalue weighted by molar-refractivity contribution is 0.00925. The third-order valence-electron chi connectivity index (χ3n) is 3.59. The van der Waals surface area contributed by atoms with Crippen molar-refractivity contribution in [2.75, 3.05) is 11.9 Å². The lowest BCUT2D eigenvalue weighted by atomic mass is 10.0. The second kappa shape index (κ2) is 6.00. The zero-order chi connectivity index (χ0) is 13.8. The highest BCUT2D eigenvalue weighted by Crippen LogP contribution is 2.20. The highest BCUT2D eigenvalue weighted by Gasteiger charge is 2.21. The maximum atomic E-state index is 5.69. The molecule has 0 spiro atoms. The van der Waals surface area contributed by atoms with E-state index in [0.717, 1.165) is 37.4 Å². The average Bonchev–Trinajstić information content (AvgIpc) is 3.02. The summed E-state index contributed by atoms with van der Waals surface area (Å²) in [5.74, 6) is 0.770. The molecule has 2 aromatic rings. The smallest absolute Gasteiger partial charge is 0.155 e. The molecule has 1 aliphatic rings. The molecule has 0 radical (unpaired) electrons. The molecule has 0 aliphatic carbocycles. The zero-order valence-electron chi connectivity index (χ0n) is 11.6. The lowest BCUT2D eigenvalue weighted by Crippen LogP contribution is -2.33. The van der Waals surface area contributed by atoms with Crippen molar-refractivity contribution < 1.29 is 4.74 Å². The Morgan fingerprint density at radius 1 is 1.45 bits per heavy atom. The molecule has 2 atom stereocenters. The van der Waals surface area contributed by atoms with Crippen molar-refractivity contribution in [3.05, 3.63) is 31.0 Å². The van der Waals surface area contributed by atoms with E-state index < -0.39 is 0 Å². The number of nitrogens with one attached hydrogen (secondary N) is 1. The highest BCUT2D eigenvalue weighted by molar-refractivity contribution is 5.44. The Balaban J connectivity index is 1.63. The third kappa shape index (κ3) is 2.96. The van der Waals surface area contributed by atoms with Gasteiger partial charge >= 0.3 is 0 Å². The first kappa shape index (κ1) is 13.1. The molecule has 0 aromatic carbocycles. The standard InChI is InChI=1S/C14H19N5O/c1-2-13-7-11(5-6-20-13)18-12-3-4-14(16-8-12)19-10-15-9-17-19/h3-4,8-11,13,18H,2,5-7H2,1H3. The minimum atomic E-state index is 0.378. The average molecular weight is 273 g/mol. The summed E-state index contributed by atoms with van der Waals surface area (Å²) in [6.07, 6.45) is 8.53. The second-order valence-electron chi connectivity index (χ2n) is 5.01. The first-order chi connectivity index (χ1) is 9.85. The molecule has 1 saturated heterocycles. The van der Waals surface area contributed by atoms with Gasteiger partial charge in [0.15, 0.2) is 5.82 Å². The number of nitrogens with zero attached hydrogens (tertiary/aromatic N) is 4.